The van der Waals surface area contributed by atoms with E-state index in [2.05, 4.69) is 84.0 Å². The molecule has 200 valence electrons. The second-order valence-electron chi connectivity index (χ2n) is 15.1. The topological polar surface area (TPSA) is 24.1 Å². The van der Waals surface area contributed by atoms with Gasteiger partial charge >= 0.3 is 0 Å². The molecule has 4 aliphatic carbocycles. The van der Waals surface area contributed by atoms with Crippen LogP contribution in [0.1, 0.15) is 92.9 Å². The first kappa shape index (κ1) is 26.1. The minimum Gasteiger partial charge on any atom is -0.302 e. The zero-order valence-corrected chi connectivity index (χ0v) is 26.3. The lowest BCUT2D eigenvalue weighted by Gasteiger charge is -2.54. The van der Waals surface area contributed by atoms with E-state index in [1.165, 1.54) is 51.4 Å². The van der Waals surface area contributed by atoms with E-state index >= 15 is 0 Å². The monoisotopic (exact) mass is 610 g/mol. The molecule has 0 radical (unpaired) electrons. The van der Waals surface area contributed by atoms with Crippen LogP contribution in [0.2, 0.25) is 0 Å². The summed E-state index contributed by atoms with van der Waals surface area (Å²) in [6.45, 7) is 16.1. The number of piperidine rings is 2. The Labute approximate surface area is 232 Å². The summed E-state index contributed by atoms with van der Waals surface area (Å²) in [6.07, 6.45) is 11.3. The van der Waals surface area contributed by atoms with Gasteiger partial charge in [-0.3, -0.25) is 0 Å². The van der Waals surface area contributed by atoms with Crippen LogP contribution in [-0.4, -0.2) is 22.0 Å². The Kier molecular flexibility index (Phi) is 7.10. The summed E-state index contributed by atoms with van der Waals surface area (Å²) >= 11 is 7.85. The molecule has 0 aromatic rings. The van der Waals surface area contributed by atoms with Gasteiger partial charge in [-0.15, -0.1) is 0 Å². The highest BCUT2D eigenvalue weighted by atomic mass is 79.9. The molecule has 0 aromatic carbocycles. The summed E-state index contributed by atoms with van der Waals surface area (Å²) in [5.74, 6) is 10.9. The zero-order chi connectivity index (χ0) is 24.8. The fraction of sp³-hybridized carbons (Fsp3) is 1.00. The highest BCUT2D eigenvalue weighted by molar-refractivity contribution is 9.09. The van der Waals surface area contributed by atoms with Crippen LogP contribution in [0.3, 0.4) is 0 Å². The molecule has 4 saturated carbocycles. The molecule has 0 bridgehead atoms. The Morgan fingerprint density at radius 1 is 0.543 bits per heavy atom. The minimum absolute atomic E-state index is 0.432. The van der Waals surface area contributed by atoms with Crippen molar-refractivity contribution in [3.63, 3.8) is 0 Å². The molecule has 6 fully saturated rings. The van der Waals surface area contributed by atoms with Crippen LogP contribution in [0.25, 0.3) is 0 Å². The molecule has 0 spiro atoms. The number of alkyl halides is 2. The second-order valence-corrected chi connectivity index (χ2v) is 17.3. The van der Waals surface area contributed by atoms with Crippen molar-refractivity contribution >= 4 is 31.9 Å². The molecule has 6 rings (SSSR count). The molecular weight excluding hydrogens is 560 g/mol. The van der Waals surface area contributed by atoms with Crippen LogP contribution in [0.5, 0.6) is 0 Å². The maximum atomic E-state index is 4.02. The molecule has 2 heterocycles. The third-order valence-electron chi connectivity index (χ3n) is 13.3. The Morgan fingerprint density at radius 2 is 0.943 bits per heavy atom. The molecule has 4 heteroatoms. The van der Waals surface area contributed by atoms with E-state index in [0.29, 0.717) is 15.3 Å². The van der Waals surface area contributed by atoms with Gasteiger partial charge in [0, 0.05) is 12.1 Å². The number of fused-ring (bicyclic) bond motifs is 4. The molecule has 2 N–H and O–H groups in total. The lowest BCUT2D eigenvalue weighted by molar-refractivity contribution is -0.0431. The molecule has 16 atom stereocenters. The maximum Gasteiger partial charge on any atom is 0.0632 e. The van der Waals surface area contributed by atoms with Crippen molar-refractivity contribution in [1.82, 2.24) is 10.6 Å². The Morgan fingerprint density at radius 3 is 1.34 bits per heavy atom. The van der Waals surface area contributed by atoms with Crippen molar-refractivity contribution < 1.29 is 0 Å². The van der Waals surface area contributed by atoms with E-state index in [0.717, 1.165) is 83.1 Å². The number of hydrogen-bond donors (Lipinski definition) is 2. The van der Waals surface area contributed by atoms with Crippen molar-refractivity contribution in [3.8, 4) is 0 Å². The van der Waals surface area contributed by atoms with Gasteiger partial charge < -0.3 is 10.6 Å². The van der Waals surface area contributed by atoms with E-state index in [1.807, 2.05) is 0 Å². The van der Waals surface area contributed by atoms with E-state index < -0.39 is 0 Å². The highest BCUT2D eigenvalue weighted by Crippen LogP contribution is 2.66. The molecule has 16 unspecified atom stereocenters. The van der Waals surface area contributed by atoms with Crippen molar-refractivity contribution in [1.29, 1.82) is 0 Å². The highest BCUT2D eigenvalue weighted by Gasteiger charge is 2.61. The Bertz CT molecular complexity index is 720. The van der Waals surface area contributed by atoms with Crippen LogP contribution in [0.4, 0.5) is 0 Å². The average molecular weight is 613 g/mol. The average Bonchev–Trinajstić information content (AvgIpc) is 3.30. The molecular formula is C31H52Br2N2. The van der Waals surface area contributed by atoms with Crippen LogP contribution in [-0.2, 0) is 0 Å². The third kappa shape index (κ3) is 4.19. The SMILES string of the molecule is CC1CC2C(C)C3CCC(Br)NC3CC2C1C(C)(C)C1C(C)CC2C(C)C3CCC(Br)NC3CC21. The molecule has 2 aliphatic heterocycles. The maximum absolute atomic E-state index is 4.02. The molecule has 2 saturated heterocycles. The zero-order valence-electron chi connectivity index (χ0n) is 23.2. The van der Waals surface area contributed by atoms with Crippen LogP contribution < -0.4 is 10.6 Å². The first-order valence-electron chi connectivity index (χ1n) is 15.4. The molecule has 0 amide bonds. The van der Waals surface area contributed by atoms with Crippen LogP contribution in [0.15, 0.2) is 0 Å². The quantitative estimate of drug-likeness (QED) is 0.244. The van der Waals surface area contributed by atoms with Gasteiger partial charge in [0.25, 0.3) is 0 Å². The van der Waals surface area contributed by atoms with Crippen molar-refractivity contribution in [3.05, 3.63) is 0 Å². The van der Waals surface area contributed by atoms with Gasteiger partial charge in [-0.05, 0) is 128 Å². The van der Waals surface area contributed by atoms with Gasteiger partial charge in [-0.2, -0.15) is 0 Å². The fourth-order valence-corrected chi connectivity index (χ4v) is 13.7. The smallest absolute Gasteiger partial charge is 0.0632 e. The first-order valence-corrected chi connectivity index (χ1v) is 17.2. The Balaban J connectivity index is 1.27. The van der Waals surface area contributed by atoms with E-state index in [9.17, 15) is 0 Å². The number of halogens is 2. The molecule has 35 heavy (non-hydrogen) atoms. The van der Waals surface area contributed by atoms with Gasteiger partial charge in [0.05, 0.1) is 9.90 Å². The number of hydrogen-bond acceptors (Lipinski definition) is 2. The van der Waals surface area contributed by atoms with Crippen LogP contribution in [0, 0.1) is 76.4 Å². The molecule has 6 aliphatic rings. The second kappa shape index (κ2) is 9.51. The van der Waals surface area contributed by atoms with Crippen LogP contribution >= 0.6 is 31.9 Å². The van der Waals surface area contributed by atoms with Gasteiger partial charge in [-0.1, -0.05) is 73.4 Å². The van der Waals surface area contributed by atoms with Gasteiger partial charge in [-0.25, -0.2) is 0 Å². The van der Waals surface area contributed by atoms with Gasteiger partial charge in [0.15, 0.2) is 0 Å². The number of nitrogens with one attached hydrogen (secondary N) is 2. The van der Waals surface area contributed by atoms with Gasteiger partial charge in [0.1, 0.15) is 0 Å². The standard InChI is InChI=1S/C31H52Br2N2/c1-15-11-21-17(3)19-7-9-27(32)34-25(19)13-23(21)29(15)31(5,6)30-16(2)12-22-18(4)20-8-10-28(33)35-26(20)14-24(22)30/h15-30,34-35H,7-14H2,1-6H3. The Hall–Kier alpha value is 0.880. The lowest BCUT2D eigenvalue weighted by atomic mass is 9.53. The number of rotatable bonds is 2. The predicted octanol–water partition coefficient (Wildman–Crippen LogP) is 8.05. The summed E-state index contributed by atoms with van der Waals surface area (Å²) in [4.78, 5) is 1.07. The summed E-state index contributed by atoms with van der Waals surface area (Å²) in [7, 11) is 0. The van der Waals surface area contributed by atoms with Crippen molar-refractivity contribution in [2.45, 2.75) is 115 Å². The van der Waals surface area contributed by atoms with E-state index in [-0.39, 0.29) is 0 Å². The van der Waals surface area contributed by atoms with E-state index in [4.69, 9.17) is 0 Å². The normalized spacial score (nSPS) is 58.3. The minimum atomic E-state index is 0.432. The fourth-order valence-electron chi connectivity index (χ4n) is 12.4. The summed E-state index contributed by atoms with van der Waals surface area (Å²) < 4.78 is 0. The van der Waals surface area contributed by atoms with Crippen molar-refractivity contribution in [2.24, 2.45) is 76.4 Å². The van der Waals surface area contributed by atoms with E-state index in [1.54, 1.807) is 0 Å². The third-order valence-corrected chi connectivity index (χ3v) is 14.8. The summed E-state index contributed by atoms with van der Waals surface area (Å²) in [5, 5.41) is 8.03. The summed E-state index contributed by atoms with van der Waals surface area (Å²) in [6, 6.07) is 1.47. The lowest BCUT2D eigenvalue weighted by Crippen LogP contribution is -2.56. The van der Waals surface area contributed by atoms with Gasteiger partial charge in [0.2, 0.25) is 0 Å². The largest absolute Gasteiger partial charge is 0.302 e. The summed E-state index contributed by atoms with van der Waals surface area (Å²) in [5.41, 5.74) is 0.432. The predicted molar refractivity (Wildman–Crippen MR) is 155 cm³/mol. The first-order chi connectivity index (χ1) is 16.6. The molecule has 0 aromatic heterocycles. The van der Waals surface area contributed by atoms with Crippen molar-refractivity contribution in [2.75, 3.05) is 0 Å². The molecule has 2 nitrogen and oxygen atoms in total.